The Bertz CT molecular complexity index is 124. The van der Waals surface area contributed by atoms with Crippen LogP contribution in [0.25, 0.3) is 0 Å². The molecule has 0 aromatic carbocycles. The predicted molar refractivity (Wildman–Crippen MR) is 34.2 cm³/mol. The van der Waals surface area contributed by atoms with Crippen LogP contribution in [0.5, 0.6) is 0 Å². The molecule has 1 aliphatic rings. The van der Waals surface area contributed by atoms with Crippen molar-refractivity contribution in [3.8, 4) is 0 Å². The first-order valence-corrected chi connectivity index (χ1v) is 3.47. The molecule has 0 spiro atoms. The predicted octanol–water partition coefficient (Wildman–Crippen LogP) is 0.913. The van der Waals surface area contributed by atoms with Crippen LogP contribution >= 0.6 is 11.6 Å². The molecule has 0 radical (unpaired) electrons. The van der Waals surface area contributed by atoms with Gasteiger partial charge in [0.15, 0.2) is 0 Å². The zero-order valence-electron chi connectivity index (χ0n) is 5.01. The van der Waals surface area contributed by atoms with Gasteiger partial charge >= 0.3 is 0 Å². The van der Waals surface area contributed by atoms with Gasteiger partial charge in [0.2, 0.25) is 5.24 Å². The number of rotatable bonds is 1. The second kappa shape index (κ2) is 2.67. The first-order chi connectivity index (χ1) is 4.22. The Labute approximate surface area is 58.8 Å². The zero-order chi connectivity index (χ0) is 6.85. The highest BCUT2D eigenvalue weighted by molar-refractivity contribution is 6.64. The van der Waals surface area contributed by atoms with Crippen LogP contribution in [0.2, 0.25) is 0 Å². The highest BCUT2D eigenvalue weighted by Crippen LogP contribution is 2.26. The molecule has 2 atom stereocenters. The van der Waals surface area contributed by atoms with Crippen molar-refractivity contribution in [2.24, 2.45) is 5.92 Å². The highest BCUT2D eigenvalue weighted by Gasteiger charge is 2.29. The van der Waals surface area contributed by atoms with Crippen LogP contribution in [0, 0.1) is 5.92 Å². The van der Waals surface area contributed by atoms with E-state index in [1.165, 1.54) is 0 Å². The van der Waals surface area contributed by atoms with Gasteiger partial charge in [0, 0.05) is 0 Å². The van der Waals surface area contributed by atoms with E-state index in [-0.39, 0.29) is 11.2 Å². The molecule has 1 fully saturated rings. The van der Waals surface area contributed by atoms with Gasteiger partial charge < -0.3 is 5.11 Å². The van der Waals surface area contributed by atoms with Crippen LogP contribution in [-0.2, 0) is 4.79 Å². The fourth-order valence-electron chi connectivity index (χ4n) is 1.21. The fourth-order valence-corrected chi connectivity index (χ4v) is 1.46. The second-order valence-electron chi connectivity index (χ2n) is 2.41. The molecule has 0 bridgehead atoms. The number of carbonyl (C=O) groups is 1. The maximum absolute atomic E-state index is 10.5. The minimum atomic E-state index is -0.477. The lowest BCUT2D eigenvalue weighted by atomic mass is 10.1. The minimum absolute atomic E-state index is 0.285. The van der Waals surface area contributed by atoms with Crippen molar-refractivity contribution in [3.63, 3.8) is 0 Å². The monoisotopic (exact) mass is 148 g/mol. The standard InChI is InChI=1S/C6H9ClO2/c7-6(9)4-2-1-3-5(4)8/h4-5,8H,1-3H2/t4-,5+/m1/s1. The van der Waals surface area contributed by atoms with Gasteiger partial charge in [-0.05, 0) is 30.9 Å². The molecular weight excluding hydrogens is 140 g/mol. The Kier molecular flexibility index (Phi) is 2.09. The third-order valence-corrected chi connectivity index (χ3v) is 2.05. The summed E-state index contributed by atoms with van der Waals surface area (Å²) in [4.78, 5) is 10.5. The summed E-state index contributed by atoms with van der Waals surface area (Å²) >= 11 is 5.18. The Morgan fingerprint density at radius 2 is 2.22 bits per heavy atom. The lowest BCUT2D eigenvalue weighted by molar-refractivity contribution is -0.117. The van der Waals surface area contributed by atoms with E-state index in [1.807, 2.05) is 0 Å². The van der Waals surface area contributed by atoms with Crippen molar-refractivity contribution in [2.45, 2.75) is 25.4 Å². The largest absolute Gasteiger partial charge is 0.392 e. The average Bonchev–Trinajstić information content (AvgIpc) is 2.13. The van der Waals surface area contributed by atoms with Gasteiger partial charge in [-0.3, -0.25) is 4.79 Å². The summed E-state index contributed by atoms with van der Waals surface area (Å²) in [6.45, 7) is 0. The molecular formula is C6H9ClO2. The Balaban J connectivity index is 2.49. The minimum Gasteiger partial charge on any atom is -0.392 e. The van der Waals surface area contributed by atoms with Crippen molar-refractivity contribution in [3.05, 3.63) is 0 Å². The Morgan fingerprint density at radius 3 is 2.44 bits per heavy atom. The molecule has 1 aliphatic carbocycles. The van der Waals surface area contributed by atoms with E-state index in [2.05, 4.69) is 0 Å². The SMILES string of the molecule is O=C(Cl)[C@@H]1CCC[C@@H]1O. The first-order valence-electron chi connectivity index (χ1n) is 3.09. The number of halogens is 1. The molecule has 0 aromatic rings. The van der Waals surface area contributed by atoms with Crippen LogP contribution < -0.4 is 0 Å². The van der Waals surface area contributed by atoms with Gasteiger partial charge in [0.25, 0.3) is 0 Å². The molecule has 0 aliphatic heterocycles. The highest BCUT2D eigenvalue weighted by atomic mass is 35.5. The zero-order valence-corrected chi connectivity index (χ0v) is 5.77. The number of aliphatic hydroxyl groups excluding tert-OH is 1. The summed E-state index contributed by atoms with van der Waals surface area (Å²) in [6, 6.07) is 0. The molecule has 0 aromatic heterocycles. The van der Waals surface area contributed by atoms with E-state index in [4.69, 9.17) is 16.7 Å². The van der Waals surface area contributed by atoms with Crippen molar-refractivity contribution in [1.82, 2.24) is 0 Å². The molecule has 52 valence electrons. The maximum Gasteiger partial charge on any atom is 0.227 e. The van der Waals surface area contributed by atoms with E-state index in [0.717, 1.165) is 19.3 Å². The summed E-state index contributed by atoms with van der Waals surface area (Å²) < 4.78 is 0. The number of hydrogen-bond donors (Lipinski definition) is 1. The van der Waals surface area contributed by atoms with E-state index in [9.17, 15) is 4.79 Å². The van der Waals surface area contributed by atoms with Crippen LogP contribution in [0.15, 0.2) is 0 Å². The fraction of sp³-hybridized carbons (Fsp3) is 0.833. The van der Waals surface area contributed by atoms with Crippen LogP contribution in [-0.4, -0.2) is 16.5 Å². The first kappa shape index (κ1) is 7.03. The van der Waals surface area contributed by atoms with Crippen LogP contribution in [0.4, 0.5) is 0 Å². The van der Waals surface area contributed by atoms with Gasteiger partial charge in [-0.2, -0.15) is 0 Å². The molecule has 1 rings (SSSR count). The molecule has 0 amide bonds. The smallest absolute Gasteiger partial charge is 0.227 e. The maximum atomic E-state index is 10.5. The summed E-state index contributed by atoms with van der Waals surface area (Å²) in [7, 11) is 0. The molecule has 0 unspecified atom stereocenters. The molecule has 1 N–H and O–H groups in total. The quantitative estimate of drug-likeness (QED) is 0.562. The third kappa shape index (κ3) is 1.43. The molecule has 9 heavy (non-hydrogen) atoms. The number of aliphatic hydroxyl groups is 1. The summed E-state index contributed by atoms with van der Waals surface area (Å²) in [5.41, 5.74) is 0. The average molecular weight is 149 g/mol. The van der Waals surface area contributed by atoms with Crippen molar-refractivity contribution < 1.29 is 9.90 Å². The number of carbonyl (C=O) groups excluding carboxylic acids is 1. The molecule has 2 nitrogen and oxygen atoms in total. The Morgan fingerprint density at radius 1 is 1.56 bits per heavy atom. The third-order valence-electron chi connectivity index (χ3n) is 1.77. The van der Waals surface area contributed by atoms with Crippen molar-refractivity contribution >= 4 is 16.8 Å². The molecule has 3 heteroatoms. The van der Waals surface area contributed by atoms with Crippen LogP contribution in [0.3, 0.4) is 0 Å². The summed E-state index contributed by atoms with van der Waals surface area (Å²) in [5, 5.41) is 8.67. The number of hydrogen-bond acceptors (Lipinski definition) is 2. The van der Waals surface area contributed by atoms with Gasteiger partial charge in [-0.15, -0.1) is 0 Å². The second-order valence-corrected chi connectivity index (χ2v) is 2.78. The van der Waals surface area contributed by atoms with Gasteiger partial charge in [-0.25, -0.2) is 0 Å². The normalized spacial score (nSPS) is 34.9. The van der Waals surface area contributed by atoms with E-state index < -0.39 is 6.10 Å². The Hall–Kier alpha value is -0.0800. The van der Waals surface area contributed by atoms with E-state index in [1.54, 1.807) is 0 Å². The van der Waals surface area contributed by atoms with E-state index in [0.29, 0.717) is 0 Å². The molecule has 0 saturated heterocycles. The lowest BCUT2D eigenvalue weighted by Crippen LogP contribution is -2.18. The van der Waals surface area contributed by atoms with Crippen LogP contribution in [0.1, 0.15) is 19.3 Å². The van der Waals surface area contributed by atoms with Gasteiger partial charge in [-0.1, -0.05) is 0 Å². The van der Waals surface area contributed by atoms with E-state index >= 15 is 0 Å². The van der Waals surface area contributed by atoms with Gasteiger partial charge in [0.05, 0.1) is 12.0 Å². The lowest BCUT2D eigenvalue weighted by Gasteiger charge is -2.06. The molecule has 0 heterocycles. The van der Waals surface area contributed by atoms with Gasteiger partial charge in [0.1, 0.15) is 0 Å². The molecule has 1 saturated carbocycles. The van der Waals surface area contributed by atoms with Crippen molar-refractivity contribution in [2.75, 3.05) is 0 Å². The van der Waals surface area contributed by atoms with Crippen molar-refractivity contribution in [1.29, 1.82) is 0 Å². The topological polar surface area (TPSA) is 37.3 Å². The summed E-state index contributed by atoms with van der Waals surface area (Å²) in [5.74, 6) is -0.285. The summed E-state index contributed by atoms with van der Waals surface area (Å²) in [6.07, 6.45) is 1.92.